The van der Waals surface area contributed by atoms with Gasteiger partial charge in [-0.05, 0) is 24.3 Å². The van der Waals surface area contributed by atoms with Gasteiger partial charge in [-0.3, -0.25) is 4.79 Å². The van der Waals surface area contributed by atoms with E-state index in [1.165, 1.54) is 13.0 Å². The molecule has 0 atom stereocenters. The largest absolute Gasteiger partial charge is 0.418 e. The molecule has 164 valence electrons. The molecule has 0 aliphatic heterocycles. The first kappa shape index (κ1) is 23.7. The molecule has 2 rings (SSSR count). The predicted molar refractivity (Wildman–Crippen MR) is 96.0 cm³/mol. The summed E-state index contributed by atoms with van der Waals surface area (Å²) in [6.45, 7) is -0.0786. The molecule has 0 aliphatic carbocycles. The van der Waals surface area contributed by atoms with Crippen LogP contribution in [0, 0.1) is 0 Å². The fourth-order valence-corrected chi connectivity index (χ4v) is 4.24. The molecule has 2 aromatic rings. The van der Waals surface area contributed by atoms with Gasteiger partial charge in [0.2, 0.25) is 15.9 Å². The molecule has 0 spiro atoms. The third-order valence-corrected chi connectivity index (χ3v) is 5.97. The van der Waals surface area contributed by atoms with Crippen LogP contribution in [0.4, 0.5) is 32.0 Å². The summed E-state index contributed by atoms with van der Waals surface area (Å²) in [5, 5.41) is 1.96. The van der Waals surface area contributed by atoms with E-state index in [-0.39, 0.29) is 6.54 Å². The number of para-hydroxylation sites is 1. The third-order valence-electron chi connectivity index (χ3n) is 3.99. The summed E-state index contributed by atoms with van der Waals surface area (Å²) < 4.78 is 105. The highest BCUT2D eigenvalue weighted by atomic mass is 32.2. The monoisotopic (exact) mass is 454 g/mol. The molecular weight excluding hydrogens is 438 g/mol. The van der Waals surface area contributed by atoms with Gasteiger partial charge in [-0.25, -0.2) is 8.42 Å². The minimum absolute atomic E-state index is 0.386. The number of hydrogen-bond donors (Lipinski definition) is 1. The summed E-state index contributed by atoms with van der Waals surface area (Å²) in [6, 6.07) is 7.48. The molecule has 0 heterocycles. The van der Waals surface area contributed by atoms with Crippen molar-refractivity contribution in [1.82, 2.24) is 4.31 Å². The van der Waals surface area contributed by atoms with Crippen LogP contribution in [0.2, 0.25) is 0 Å². The maximum Gasteiger partial charge on any atom is 0.418 e. The number of benzene rings is 2. The normalized spacial score (nSPS) is 12.8. The van der Waals surface area contributed by atoms with E-state index in [2.05, 4.69) is 0 Å². The summed E-state index contributed by atoms with van der Waals surface area (Å²) >= 11 is 0. The summed E-state index contributed by atoms with van der Waals surface area (Å²) in [5.74, 6) is -1.14. The second kappa shape index (κ2) is 8.64. The molecule has 1 amide bonds. The number of nitrogens with one attached hydrogen (secondary N) is 1. The number of halogens is 6. The van der Waals surface area contributed by atoms with Crippen LogP contribution in [-0.4, -0.2) is 31.7 Å². The number of carbonyl (C=O) groups excluding carboxylic acids is 1. The molecule has 30 heavy (non-hydrogen) atoms. The average Bonchev–Trinajstić information content (AvgIpc) is 2.65. The molecule has 5 nitrogen and oxygen atoms in total. The summed E-state index contributed by atoms with van der Waals surface area (Å²) in [6.07, 6.45) is -9.73. The van der Waals surface area contributed by atoms with Gasteiger partial charge >= 0.3 is 12.4 Å². The second-order valence-corrected chi connectivity index (χ2v) is 7.92. The van der Waals surface area contributed by atoms with E-state index in [4.69, 9.17) is 0 Å². The Morgan fingerprint density at radius 3 is 1.93 bits per heavy atom. The minimum Gasteiger partial charge on any atom is -0.324 e. The van der Waals surface area contributed by atoms with Gasteiger partial charge in [0.1, 0.15) is 0 Å². The van der Waals surface area contributed by atoms with Crippen molar-refractivity contribution in [2.24, 2.45) is 0 Å². The number of rotatable bonds is 6. The van der Waals surface area contributed by atoms with Crippen molar-refractivity contribution < 1.29 is 39.6 Å². The zero-order valence-electron chi connectivity index (χ0n) is 15.4. The second-order valence-electron chi connectivity index (χ2n) is 6.02. The zero-order chi connectivity index (χ0) is 22.7. The summed E-state index contributed by atoms with van der Waals surface area (Å²) in [5.41, 5.74) is -3.16. The Morgan fingerprint density at radius 2 is 1.40 bits per heavy atom. The summed E-state index contributed by atoms with van der Waals surface area (Å²) in [7, 11) is -4.76. The Bertz CT molecular complexity index is 1020. The SMILES string of the molecule is CCN(CC(=O)Nc1ccccc1C(F)(F)F)S(=O)(=O)c1ccccc1C(F)(F)F. The Hall–Kier alpha value is -2.60. The van der Waals surface area contributed by atoms with Gasteiger partial charge in [0.05, 0.1) is 28.3 Å². The van der Waals surface area contributed by atoms with Gasteiger partial charge in [-0.2, -0.15) is 30.6 Å². The molecule has 0 aromatic heterocycles. The molecular formula is C18H16F6N2O3S. The van der Waals surface area contributed by atoms with Crippen molar-refractivity contribution >= 4 is 21.6 Å². The standard InChI is InChI=1S/C18H16F6N2O3S/c1-2-26(30(28,29)15-10-6-4-8-13(15)18(22,23)24)11-16(27)25-14-9-5-3-7-12(14)17(19,20)21/h3-10H,2,11H2,1H3,(H,25,27). The van der Waals surface area contributed by atoms with E-state index in [0.29, 0.717) is 10.4 Å². The zero-order valence-corrected chi connectivity index (χ0v) is 16.2. The third kappa shape index (κ3) is 5.30. The molecule has 2 aromatic carbocycles. The molecule has 0 radical (unpaired) electrons. The average molecular weight is 454 g/mol. The molecule has 0 saturated carbocycles. The van der Waals surface area contributed by atoms with Crippen molar-refractivity contribution in [3.8, 4) is 0 Å². The van der Waals surface area contributed by atoms with Crippen LogP contribution in [0.15, 0.2) is 53.4 Å². The molecule has 0 bridgehead atoms. The van der Waals surface area contributed by atoms with Gasteiger partial charge in [0.25, 0.3) is 0 Å². The molecule has 0 unspecified atom stereocenters. The van der Waals surface area contributed by atoms with Crippen LogP contribution in [-0.2, 0) is 27.2 Å². The Labute approximate surface area is 168 Å². The van der Waals surface area contributed by atoms with Crippen LogP contribution >= 0.6 is 0 Å². The highest BCUT2D eigenvalue weighted by Crippen LogP contribution is 2.36. The lowest BCUT2D eigenvalue weighted by Gasteiger charge is -2.22. The van der Waals surface area contributed by atoms with Crippen molar-refractivity contribution in [1.29, 1.82) is 0 Å². The molecule has 0 fully saturated rings. The number of nitrogens with zero attached hydrogens (tertiary/aromatic N) is 1. The van der Waals surface area contributed by atoms with Gasteiger partial charge in [0, 0.05) is 6.54 Å². The smallest absolute Gasteiger partial charge is 0.324 e. The topological polar surface area (TPSA) is 66.5 Å². The molecule has 1 N–H and O–H groups in total. The van der Waals surface area contributed by atoms with Crippen LogP contribution in [0.5, 0.6) is 0 Å². The highest BCUT2D eigenvalue weighted by molar-refractivity contribution is 7.89. The first-order chi connectivity index (χ1) is 13.8. The van der Waals surface area contributed by atoms with Gasteiger partial charge in [-0.1, -0.05) is 31.2 Å². The van der Waals surface area contributed by atoms with Gasteiger partial charge < -0.3 is 5.32 Å². The first-order valence-electron chi connectivity index (χ1n) is 8.41. The first-order valence-corrected chi connectivity index (χ1v) is 9.85. The van der Waals surface area contributed by atoms with Crippen molar-refractivity contribution in [2.75, 3.05) is 18.4 Å². The highest BCUT2D eigenvalue weighted by Gasteiger charge is 2.39. The number of hydrogen-bond acceptors (Lipinski definition) is 3. The fraction of sp³-hybridized carbons (Fsp3) is 0.278. The van der Waals surface area contributed by atoms with E-state index < -0.39 is 56.5 Å². The quantitative estimate of drug-likeness (QED) is 0.660. The number of amides is 1. The number of sulfonamides is 1. The maximum absolute atomic E-state index is 13.2. The van der Waals surface area contributed by atoms with Crippen molar-refractivity contribution in [2.45, 2.75) is 24.2 Å². The van der Waals surface area contributed by atoms with E-state index >= 15 is 0 Å². The van der Waals surface area contributed by atoms with Crippen LogP contribution in [0.25, 0.3) is 0 Å². The fourth-order valence-electron chi connectivity index (χ4n) is 2.62. The van der Waals surface area contributed by atoms with E-state index in [1.54, 1.807) is 0 Å². The van der Waals surface area contributed by atoms with Crippen LogP contribution < -0.4 is 5.32 Å². The number of anilines is 1. The van der Waals surface area contributed by atoms with Crippen molar-refractivity contribution in [3.63, 3.8) is 0 Å². The van der Waals surface area contributed by atoms with Gasteiger partial charge in [-0.15, -0.1) is 0 Å². The lowest BCUT2D eigenvalue weighted by Crippen LogP contribution is -2.38. The van der Waals surface area contributed by atoms with Crippen LogP contribution in [0.1, 0.15) is 18.1 Å². The van der Waals surface area contributed by atoms with Gasteiger partial charge in [0.15, 0.2) is 0 Å². The van der Waals surface area contributed by atoms with Crippen LogP contribution in [0.3, 0.4) is 0 Å². The van der Waals surface area contributed by atoms with E-state index in [0.717, 1.165) is 36.4 Å². The van der Waals surface area contributed by atoms with Crippen molar-refractivity contribution in [3.05, 3.63) is 59.7 Å². The van der Waals surface area contributed by atoms with E-state index in [1.807, 2.05) is 5.32 Å². The minimum atomic E-state index is -4.96. The maximum atomic E-state index is 13.2. The lowest BCUT2D eigenvalue weighted by atomic mass is 10.1. The number of carbonyl (C=O) groups is 1. The van der Waals surface area contributed by atoms with E-state index in [9.17, 15) is 39.6 Å². The Morgan fingerprint density at radius 1 is 0.900 bits per heavy atom. The Balaban J connectivity index is 2.32. The summed E-state index contributed by atoms with van der Waals surface area (Å²) in [4.78, 5) is 11.2. The number of likely N-dealkylation sites (N-methyl/N-ethyl adjacent to an activating group) is 1. The molecule has 0 saturated heterocycles. The molecule has 12 heteroatoms. The Kier molecular flexibility index (Phi) is 6.82. The number of alkyl halides is 6. The lowest BCUT2D eigenvalue weighted by molar-refractivity contribution is -0.140. The molecule has 0 aliphatic rings. The predicted octanol–water partition coefficient (Wildman–Crippen LogP) is 4.37.